The number of nitrogens with zero attached hydrogens (tertiary/aromatic N) is 3. The highest BCUT2D eigenvalue weighted by Crippen LogP contribution is 2.11. The molecule has 0 aliphatic heterocycles. The molecule has 0 aliphatic carbocycles. The molecule has 1 aromatic rings. The van der Waals surface area contributed by atoms with Crippen LogP contribution in [0.4, 0.5) is 11.5 Å². The minimum atomic E-state index is 0.985. The van der Waals surface area contributed by atoms with Gasteiger partial charge in [0.1, 0.15) is 5.82 Å². The van der Waals surface area contributed by atoms with Crippen LogP contribution < -0.4 is 10.2 Å². The molecule has 0 aliphatic rings. The fourth-order valence-corrected chi connectivity index (χ4v) is 1.22. The summed E-state index contributed by atoms with van der Waals surface area (Å²) in [7, 11) is 8.11. The van der Waals surface area contributed by atoms with Crippen LogP contribution in [0, 0.1) is 12.8 Å². The summed E-state index contributed by atoms with van der Waals surface area (Å²) in [5, 5.41) is 3.05. The van der Waals surface area contributed by atoms with Gasteiger partial charge in [0.15, 0.2) is 0 Å². The topological polar surface area (TPSA) is 31.4 Å². The van der Waals surface area contributed by atoms with Gasteiger partial charge in [0, 0.05) is 27.2 Å². The fraction of sp³-hybridized carbons (Fsp3) is 0.462. The van der Waals surface area contributed by atoms with Gasteiger partial charge in [0.25, 0.3) is 0 Å². The molecule has 1 heterocycles. The number of aromatic nitrogens is 1. The van der Waals surface area contributed by atoms with Crippen molar-refractivity contribution < 1.29 is 0 Å². The van der Waals surface area contributed by atoms with Gasteiger partial charge in [-0.1, -0.05) is 0 Å². The zero-order chi connectivity index (χ0) is 13.3. The standard InChI is InChI=1S/C11H20N4.C2H2/c1-12-10-5-6-11(13-9-10)15(4)8-7-14(2)3;1-2/h5-6,9,12H,7-8H2,1-4H3;1-2H. The van der Waals surface area contributed by atoms with E-state index >= 15 is 0 Å². The number of hydrogen-bond acceptors (Lipinski definition) is 4. The second-order valence-electron chi connectivity index (χ2n) is 3.88. The maximum atomic E-state index is 4.37. The van der Waals surface area contributed by atoms with Crippen molar-refractivity contribution in [2.45, 2.75) is 0 Å². The summed E-state index contributed by atoms with van der Waals surface area (Å²) in [6.07, 6.45) is 9.85. The first kappa shape index (κ1) is 15.3. The van der Waals surface area contributed by atoms with Gasteiger partial charge in [-0.2, -0.15) is 0 Å². The normalized spacial score (nSPS) is 9.35. The number of terminal acetylenes is 1. The number of hydrogen-bond donors (Lipinski definition) is 1. The lowest BCUT2D eigenvalue weighted by atomic mass is 10.4. The average molecular weight is 234 g/mol. The molecule has 1 N–H and O–H groups in total. The highest BCUT2D eigenvalue weighted by Gasteiger charge is 2.02. The summed E-state index contributed by atoms with van der Waals surface area (Å²) in [6.45, 7) is 2.02. The van der Waals surface area contributed by atoms with Gasteiger partial charge < -0.3 is 15.1 Å². The monoisotopic (exact) mass is 234 g/mol. The maximum absolute atomic E-state index is 4.37. The van der Waals surface area contributed by atoms with Crippen LogP contribution in [0.25, 0.3) is 0 Å². The molecule has 0 atom stereocenters. The summed E-state index contributed by atoms with van der Waals surface area (Å²) in [5.41, 5.74) is 1.04. The Morgan fingerprint density at radius 1 is 1.18 bits per heavy atom. The lowest BCUT2D eigenvalue weighted by Crippen LogP contribution is -2.28. The zero-order valence-corrected chi connectivity index (χ0v) is 11.1. The van der Waals surface area contributed by atoms with E-state index in [-0.39, 0.29) is 0 Å². The number of likely N-dealkylation sites (N-methyl/N-ethyl adjacent to an activating group) is 2. The van der Waals surface area contributed by atoms with E-state index < -0.39 is 0 Å². The predicted octanol–water partition coefficient (Wildman–Crippen LogP) is 1.37. The van der Waals surface area contributed by atoms with Gasteiger partial charge in [0.2, 0.25) is 0 Å². The van der Waals surface area contributed by atoms with E-state index in [4.69, 9.17) is 0 Å². The maximum Gasteiger partial charge on any atom is 0.128 e. The van der Waals surface area contributed by atoms with E-state index in [1.807, 2.05) is 25.4 Å². The number of pyridine rings is 1. The second-order valence-corrected chi connectivity index (χ2v) is 3.88. The first-order chi connectivity index (χ1) is 8.13. The summed E-state index contributed by atoms with van der Waals surface area (Å²) in [4.78, 5) is 8.69. The van der Waals surface area contributed by atoms with Crippen LogP contribution in [0.2, 0.25) is 0 Å². The van der Waals surface area contributed by atoms with Gasteiger partial charge >= 0.3 is 0 Å². The Morgan fingerprint density at radius 2 is 1.82 bits per heavy atom. The van der Waals surface area contributed by atoms with Gasteiger partial charge in [-0.05, 0) is 26.2 Å². The molecule has 4 nitrogen and oxygen atoms in total. The van der Waals surface area contributed by atoms with Crippen LogP contribution in [-0.2, 0) is 0 Å². The molecule has 0 bridgehead atoms. The van der Waals surface area contributed by atoms with Gasteiger partial charge in [-0.3, -0.25) is 0 Å². The van der Waals surface area contributed by atoms with Crippen molar-refractivity contribution in [3.05, 3.63) is 18.3 Å². The van der Waals surface area contributed by atoms with Gasteiger partial charge in [-0.25, -0.2) is 4.98 Å². The first-order valence-corrected chi connectivity index (χ1v) is 5.46. The molecule has 0 radical (unpaired) electrons. The third-order valence-corrected chi connectivity index (χ3v) is 2.31. The summed E-state index contributed by atoms with van der Waals surface area (Å²) in [6, 6.07) is 4.07. The molecular formula is C13H22N4. The third kappa shape index (κ3) is 5.79. The molecule has 4 heteroatoms. The average Bonchev–Trinajstić information content (AvgIpc) is 2.38. The Bertz CT molecular complexity index is 316. The highest BCUT2D eigenvalue weighted by atomic mass is 15.2. The summed E-state index contributed by atoms with van der Waals surface area (Å²) >= 11 is 0. The second kappa shape index (κ2) is 8.43. The third-order valence-electron chi connectivity index (χ3n) is 2.31. The van der Waals surface area contributed by atoms with Crippen molar-refractivity contribution in [1.29, 1.82) is 0 Å². The van der Waals surface area contributed by atoms with Crippen molar-refractivity contribution in [3.8, 4) is 12.8 Å². The van der Waals surface area contributed by atoms with Gasteiger partial charge in [0.05, 0.1) is 11.9 Å². The van der Waals surface area contributed by atoms with Crippen molar-refractivity contribution in [2.24, 2.45) is 0 Å². The van der Waals surface area contributed by atoms with Crippen molar-refractivity contribution >= 4 is 11.5 Å². The van der Waals surface area contributed by atoms with E-state index in [0.29, 0.717) is 0 Å². The molecule has 0 amide bonds. The Balaban J connectivity index is 0.00000121. The van der Waals surface area contributed by atoms with E-state index in [1.165, 1.54) is 0 Å². The van der Waals surface area contributed by atoms with E-state index in [9.17, 15) is 0 Å². The quantitative estimate of drug-likeness (QED) is 0.780. The number of rotatable bonds is 5. The van der Waals surface area contributed by atoms with Crippen molar-refractivity contribution in [1.82, 2.24) is 9.88 Å². The predicted molar refractivity (Wildman–Crippen MR) is 75.5 cm³/mol. The Hall–Kier alpha value is -1.73. The number of nitrogens with one attached hydrogen (secondary N) is 1. The van der Waals surface area contributed by atoms with Gasteiger partial charge in [-0.15, -0.1) is 12.8 Å². The zero-order valence-electron chi connectivity index (χ0n) is 11.1. The largest absolute Gasteiger partial charge is 0.387 e. The molecule has 1 aromatic heterocycles. The lowest BCUT2D eigenvalue weighted by Gasteiger charge is -2.20. The lowest BCUT2D eigenvalue weighted by molar-refractivity contribution is 0.416. The minimum Gasteiger partial charge on any atom is -0.387 e. The molecule has 0 unspecified atom stereocenters. The van der Waals surface area contributed by atoms with Crippen LogP contribution in [0.1, 0.15) is 0 Å². The molecule has 0 saturated carbocycles. The number of anilines is 2. The Morgan fingerprint density at radius 3 is 2.24 bits per heavy atom. The summed E-state index contributed by atoms with van der Waals surface area (Å²) in [5.74, 6) is 1.01. The van der Waals surface area contributed by atoms with Crippen LogP contribution in [0.3, 0.4) is 0 Å². The smallest absolute Gasteiger partial charge is 0.128 e. The van der Waals surface area contributed by atoms with Crippen LogP contribution >= 0.6 is 0 Å². The van der Waals surface area contributed by atoms with Crippen LogP contribution in [-0.4, -0.2) is 51.2 Å². The summed E-state index contributed by atoms with van der Waals surface area (Å²) < 4.78 is 0. The van der Waals surface area contributed by atoms with E-state index in [0.717, 1.165) is 24.6 Å². The fourth-order valence-electron chi connectivity index (χ4n) is 1.22. The van der Waals surface area contributed by atoms with Crippen molar-refractivity contribution in [2.75, 3.05) is 51.5 Å². The Labute approximate surface area is 105 Å². The molecule has 17 heavy (non-hydrogen) atoms. The van der Waals surface area contributed by atoms with E-state index in [2.05, 4.69) is 54.1 Å². The highest BCUT2D eigenvalue weighted by molar-refractivity contribution is 5.47. The molecular weight excluding hydrogens is 212 g/mol. The minimum absolute atomic E-state index is 0.985. The van der Waals surface area contributed by atoms with Crippen LogP contribution in [0.15, 0.2) is 18.3 Å². The molecule has 0 fully saturated rings. The molecule has 0 saturated heterocycles. The molecule has 1 rings (SSSR count). The SMILES string of the molecule is C#C.CNc1ccc(N(C)CCN(C)C)nc1. The van der Waals surface area contributed by atoms with Crippen molar-refractivity contribution in [3.63, 3.8) is 0 Å². The van der Waals surface area contributed by atoms with Crippen LogP contribution in [0.5, 0.6) is 0 Å². The molecule has 0 aromatic carbocycles. The molecule has 0 spiro atoms. The van der Waals surface area contributed by atoms with E-state index in [1.54, 1.807) is 0 Å². The first-order valence-electron chi connectivity index (χ1n) is 5.46. The Kier molecular flexibility index (Phi) is 7.57. The molecule has 94 valence electrons.